The number of fused-ring (bicyclic) bond motifs is 5. The first-order valence-corrected chi connectivity index (χ1v) is 12.3. The Morgan fingerprint density at radius 1 is 0.441 bits per heavy atom. The number of halogens is 1. The van der Waals surface area contributed by atoms with Crippen LogP contribution in [-0.2, 0) is 0 Å². The van der Waals surface area contributed by atoms with Crippen LogP contribution in [0.4, 0.5) is 0 Å². The number of rotatable bonds is 2. The highest BCUT2D eigenvalue weighted by atomic mass is 79.9. The first-order chi connectivity index (χ1) is 16.8. The highest BCUT2D eigenvalue weighted by Gasteiger charge is 2.17. The van der Waals surface area contributed by atoms with E-state index in [1.165, 1.54) is 60.2 Å². The predicted octanol–water partition coefficient (Wildman–Crippen LogP) is 9.52. The topological polar surface area (TPSA) is 4.93 Å². The quantitative estimate of drug-likeness (QED) is 0.209. The second kappa shape index (κ2) is 7.58. The smallest absolute Gasteiger partial charge is 0.0547 e. The second-order valence-electron chi connectivity index (χ2n) is 8.70. The van der Waals surface area contributed by atoms with E-state index >= 15 is 0 Å². The standard InChI is InChI=1S/C32H20BrN/c33-32-27-15-6-4-13-25(27)31(26-14-5-7-16-28(26)32)21-18-19-24-23-12-8-9-17-29(23)34(30(24)20-21)22-10-2-1-3-11-22/h1-20H. The van der Waals surface area contributed by atoms with Crippen molar-refractivity contribution in [3.8, 4) is 16.8 Å². The SMILES string of the molecule is Brc1c2ccccc2c(-c2ccc3c4ccccc4n(-c4ccccc4)c3c2)c2ccccc12. The van der Waals surface area contributed by atoms with E-state index in [-0.39, 0.29) is 0 Å². The van der Waals surface area contributed by atoms with E-state index in [1.807, 2.05) is 0 Å². The van der Waals surface area contributed by atoms with Gasteiger partial charge in [0, 0.05) is 20.9 Å². The third kappa shape index (κ3) is 2.79. The van der Waals surface area contributed by atoms with E-state index in [1.54, 1.807) is 0 Å². The lowest BCUT2D eigenvalue weighted by atomic mass is 9.91. The van der Waals surface area contributed by atoms with Crippen molar-refractivity contribution in [3.05, 3.63) is 126 Å². The van der Waals surface area contributed by atoms with E-state index in [0.29, 0.717) is 0 Å². The van der Waals surface area contributed by atoms with Gasteiger partial charge in [0.2, 0.25) is 0 Å². The van der Waals surface area contributed by atoms with E-state index in [9.17, 15) is 0 Å². The Balaban J connectivity index is 1.64. The summed E-state index contributed by atoms with van der Waals surface area (Å²) in [6.07, 6.45) is 0. The average Bonchev–Trinajstić information content (AvgIpc) is 3.23. The summed E-state index contributed by atoms with van der Waals surface area (Å²) in [6.45, 7) is 0. The van der Waals surface area contributed by atoms with Crippen LogP contribution in [0.3, 0.4) is 0 Å². The third-order valence-corrected chi connectivity index (χ3v) is 7.70. The molecule has 0 aliphatic carbocycles. The number of hydrogen-bond acceptors (Lipinski definition) is 0. The molecule has 0 fully saturated rings. The summed E-state index contributed by atoms with van der Waals surface area (Å²) in [5, 5.41) is 7.54. The lowest BCUT2D eigenvalue weighted by Crippen LogP contribution is -1.93. The fourth-order valence-corrected chi connectivity index (χ4v) is 6.06. The minimum absolute atomic E-state index is 1.15. The average molecular weight is 498 g/mol. The third-order valence-electron chi connectivity index (χ3n) is 6.84. The molecule has 0 radical (unpaired) electrons. The van der Waals surface area contributed by atoms with Crippen molar-refractivity contribution in [2.24, 2.45) is 0 Å². The molecule has 6 aromatic carbocycles. The second-order valence-corrected chi connectivity index (χ2v) is 9.49. The maximum Gasteiger partial charge on any atom is 0.0547 e. The van der Waals surface area contributed by atoms with Crippen LogP contribution >= 0.6 is 15.9 Å². The molecule has 0 atom stereocenters. The number of nitrogens with zero attached hydrogens (tertiary/aromatic N) is 1. The summed E-state index contributed by atoms with van der Waals surface area (Å²) in [7, 11) is 0. The Morgan fingerprint density at radius 3 is 1.65 bits per heavy atom. The van der Waals surface area contributed by atoms with Crippen LogP contribution < -0.4 is 0 Å². The van der Waals surface area contributed by atoms with E-state index in [2.05, 4.69) is 142 Å². The van der Waals surface area contributed by atoms with Gasteiger partial charge in [0.15, 0.2) is 0 Å². The van der Waals surface area contributed by atoms with Crippen molar-refractivity contribution in [2.75, 3.05) is 0 Å². The zero-order chi connectivity index (χ0) is 22.6. The molecule has 0 unspecified atom stereocenters. The van der Waals surface area contributed by atoms with Crippen LogP contribution in [0.5, 0.6) is 0 Å². The Hall–Kier alpha value is -3.88. The molecule has 2 heteroatoms. The summed E-state index contributed by atoms with van der Waals surface area (Å²) in [5.41, 5.74) is 6.14. The molecule has 0 saturated heterocycles. The van der Waals surface area contributed by atoms with E-state index in [0.717, 1.165) is 4.47 Å². The maximum absolute atomic E-state index is 3.89. The molecule has 0 saturated carbocycles. The van der Waals surface area contributed by atoms with Gasteiger partial charge in [-0.25, -0.2) is 0 Å². The molecule has 34 heavy (non-hydrogen) atoms. The van der Waals surface area contributed by atoms with E-state index in [4.69, 9.17) is 0 Å². The maximum atomic E-state index is 3.89. The molecule has 1 aromatic heterocycles. The summed E-state index contributed by atoms with van der Waals surface area (Å²) < 4.78 is 3.54. The molecular formula is C32H20BrN. The monoisotopic (exact) mass is 497 g/mol. The van der Waals surface area contributed by atoms with Crippen LogP contribution in [0, 0.1) is 0 Å². The van der Waals surface area contributed by atoms with Crippen molar-refractivity contribution < 1.29 is 0 Å². The van der Waals surface area contributed by atoms with Crippen LogP contribution in [0.25, 0.3) is 60.2 Å². The first-order valence-electron chi connectivity index (χ1n) is 11.5. The minimum atomic E-state index is 1.15. The number of benzene rings is 6. The molecular weight excluding hydrogens is 478 g/mol. The fourth-order valence-electron chi connectivity index (χ4n) is 5.37. The Bertz CT molecular complexity index is 1800. The van der Waals surface area contributed by atoms with Crippen LogP contribution in [0.2, 0.25) is 0 Å². The van der Waals surface area contributed by atoms with Gasteiger partial charge in [-0.05, 0) is 72.9 Å². The van der Waals surface area contributed by atoms with Crippen molar-refractivity contribution in [1.82, 2.24) is 4.57 Å². The van der Waals surface area contributed by atoms with Gasteiger partial charge in [0.25, 0.3) is 0 Å². The first kappa shape index (κ1) is 19.6. The van der Waals surface area contributed by atoms with Gasteiger partial charge in [-0.1, -0.05) is 97.1 Å². The lowest BCUT2D eigenvalue weighted by molar-refractivity contribution is 1.18. The highest BCUT2D eigenvalue weighted by molar-refractivity contribution is 9.10. The molecule has 0 spiro atoms. The van der Waals surface area contributed by atoms with E-state index < -0.39 is 0 Å². The van der Waals surface area contributed by atoms with Gasteiger partial charge < -0.3 is 4.57 Å². The molecule has 0 aliphatic heterocycles. The van der Waals surface area contributed by atoms with Gasteiger partial charge in [0.1, 0.15) is 0 Å². The van der Waals surface area contributed by atoms with Gasteiger partial charge >= 0.3 is 0 Å². The molecule has 7 rings (SSSR count). The highest BCUT2D eigenvalue weighted by Crippen LogP contribution is 2.43. The van der Waals surface area contributed by atoms with Crippen LogP contribution in [0.1, 0.15) is 0 Å². The fraction of sp³-hybridized carbons (Fsp3) is 0. The van der Waals surface area contributed by atoms with Gasteiger partial charge in [-0.15, -0.1) is 0 Å². The van der Waals surface area contributed by atoms with Gasteiger partial charge in [-0.2, -0.15) is 0 Å². The zero-order valence-electron chi connectivity index (χ0n) is 18.4. The summed E-state index contributed by atoms with van der Waals surface area (Å²) >= 11 is 3.89. The molecule has 0 bridgehead atoms. The summed E-state index contributed by atoms with van der Waals surface area (Å²) in [5.74, 6) is 0. The largest absolute Gasteiger partial charge is 0.309 e. The molecule has 0 aliphatic rings. The predicted molar refractivity (Wildman–Crippen MR) is 149 cm³/mol. The minimum Gasteiger partial charge on any atom is -0.309 e. The Labute approximate surface area is 206 Å². The normalized spacial score (nSPS) is 11.7. The van der Waals surface area contributed by atoms with Crippen LogP contribution in [-0.4, -0.2) is 4.57 Å². The number of aromatic nitrogens is 1. The number of hydrogen-bond donors (Lipinski definition) is 0. The van der Waals surface area contributed by atoms with Crippen molar-refractivity contribution >= 4 is 59.3 Å². The Morgan fingerprint density at radius 2 is 0.971 bits per heavy atom. The lowest BCUT2D eigenvalue weighted by Gasteiger charge is -2.15. The van der Waals surface area contributed by atoms with Gasteiger partial charge in [-0.3, -0.25) is 0 Å². The zero-order valence-corrected chi connectivity index (χ0v) is 20.0. The van der Waals surface area contributed by atoms with Crippen molar-refractivity contribution in [3.63, 3.8) is 0 Å². The van der Waals surface area contributed by atoms with Crippen molar-refractivity contribution in [1.29, 1.82) is 0 Å². The molecule has 1 heterocycles. The number of para-hydroxylation sites is 2. The summed E-state index contributed by atoms with van der Waals surface area (Å²) in [4.78, 5) is 0. The molecule has 7 aromatic rings. The molecule has 0 amide bonds. The molecule has 1 nitrogen and oxygen atoms in total. The summed E-state index contributed by atoms with van der Waals surface area (Å²) in [6, 6.07) is 43.6. The Kier molecular flexibility index (Phi) is 4.36. The van der Waals surface area contributed by atoms with Crippen molar-refractivity contribution in [2.45, 2.75) is 0 Å². The van der Waals surface area contributed by atoms with Crippen LogP contribution in [0.15, 0.2) is 126 Å². The molecule has 160 valence electrons. The molecule has 0 N–H and O–H groups in total. The van der Waals surface area contributed by atoms with Gasteiger partial charge in [0.05, 0.1) is 11.0 Å².